The molecule has 30 heavy (non-hydrogen) atoms. The molecule has 2 fully saturated rings. The number of nitrogens with zero attached hydrogens (tertiary/aromatic N) is 4. The van der Waals surface area contributed by atoms with Crippen molar-refractivity contribution < 1.29 is 14.3 Å². The maximum Gasteiger partial charge on any atom is 0.255 e. The van der Waals surface area contributed by atoms with Crippen LogP contribution < -0.4 is 4.90 Å². The summed E-state index contributed by atoms with van der Waals surface area (Å²) in [5.41, 5.74) is 2.32. The molecule has 0 unspecified atom stereocenters. The summed E-state index contributed by atoms with van der Waals surface area (Å²) in [6, 6.07) is 9.32. The number of anilines is 1. The van der Waals surface area contributed by atoms with Crippen LogP contribution in [0.3, 0.4) is 0 Å². The molecule has 0 spiro atoms. The summed E-state index contributed by atoms with van der Waals surface area (Å²) in [6.07, 6.45) is 1.59. The average molecular weight is 429 g/mol. The van der Waals surface area contributed by atoms with Crippen molar-refractivity contribution in [1.29, 1.82) is 0 Å². The zero-order chi connectivity index (χ0) is 21.1. The molecule has 0 bridgehead atoms. The van der Waals surface area contributed by atoms with Crippen LogP contribution in [0.1, 0.15) is 26.3 Å². The number of aryl methyl sites for hydroxylation is 1. The lowest BCUT2D eigenvalue weighted by atomic mass is 10.1. The largest absolute Gasteiger partial charge is 0.378 e. The standard InChI is InChI=1S/C22H25ClN4O3/c1-16-2-4-17(5-3-16)21(28)26-8-6-25(7-9-26)20-19(23)14-18(15-24-20)22(29)27-10-12-30-13-11-27/h2-5,14-15H,6-13H2,1H3. The quantitative estimate of drug-likeness (QED) is 0.751. The van der Waals surface area contributed by atoms with Crippen molar-refractivity contribution in [2.24, 2.45) is 0 Å². The summed E-state index contributed by atoms with van der Waals surface area (Å²) in [5, 5.41) is 0.451. The summed E-state index contributed by atoms with van der Waals surface area (Å²) in [7, 11) is 0. The Balaban J connectivity index is 1.39. The second-order valence-electron chi connectivity index (χ2n) is 7.58. The van der Waals surface area contributed by atoms with Gasteiger partial charge in [0.1, 0.15) is 5.82 Å². The molecule has 2 aromatic rings. The zero-order valence-corrected chi connectivity index (χ0v) is 17.8. The first kappa shape index (κ1) is 20.6. The van der Waals surface area contributed by atoms with Gasteiger partial charge >= 0.3 is 0 Å². The van der Waals surface area contributed by atoms with Gasteiger partial charge in [-0.25, -0.2) is 4.98 Å². The first-order valence-corrected chi connectivity index (χ1v) is 10.5. The van der Waals surface area contributed by atoms with Gasteiger partial charge in [-0.1, -0.05) is 29.3 Å². The van der Waals surface area contributed by atoms with Crippen LogP contribution >= 0.6 is 11.6 Å². The van der Waals surface area contributed by atoms with Crippen molar-refractivity contribution in [1.82, 2.24) is 14.8 Å². The zero-order valence-electron chi connectivity index (χ0n) is 17.0. The topological polar surface area (TPSA) is 66.0 Å². The molecule has 2 aliphatic rings. The fourth-order valence-electron chi connectivity index (χ4n) is 3.73. The van der Waals surface area contributed by atoms with Gasteiger partial charge in [-0.15, -0.1) is 0 Å². The van der Waals surface area contributed by atoms with E-state index >= 15 is 0 Å². The van der Waals surface area contributed by atoms with Gasteiger partial charge in [0.05, 0.1) is 23.8 Å². The fourth-order valence-corrected chi connectivity index (χ4v) is 4.02. The Morgan fingerprint density at radius 3 is 2.13 bits per heavy atom. The number of carbonyl (C=O) groups excluding carboxylic acids is 2. The number of benzene rings is 1. The first-order valence-electron chi connectivity index (χ1n) is 10.2. The van der Waals surface area contributed by atoms with Crippen LogP contribution in [0.2, 0.25) is 5.02 Å². The summed E-state index contributed by atoms with van der Waals surface area (Å²) in [5.74, 6) is 0.616. The highest BCUT2D eigenvalue weighted by Crippen LogP contribution is 2.26. The van der Waals surface area contributed by atoms with Gasteiger partial charge in [-0.3, -0.25) is 9.59 Å². The number of piperazine rings is 1. The first-order chi connectivity index (χ1) is 14.5. The Labute approximate surface area is 181 Å². The molecule has 0 atom stereocenters. The molecule has 0 aliphatic carbocycles. The molecule has 2 amide bonds. The van der Waals surface area contributed by atoms with Crippen molar-refractivity contribution in [3.05, 3.63) is 58.2 Å². The number of aromatic nitrogens is 1. The number of morpholine rings is 1. The Morgan fingerprint density at radius 1 is 0.900 bits per heavy atom. The smallest absolute Gasteiger partial charge is 0.255 e. The number of pyridine rings is 1. The number of rotatable bonds is 3. The lowest BCUT2D eigenvalue weighted by Crippen LogP contribution is -2.49. The summed E-state index contributed by atoms with van der Waals surface area (Å²) < 4.78 is 5.30. The van der Waals surface area contributed by atoms with Gasteiger partial charge in [0, 0.05) is 51.0 Å². The van der Waals surface area contributed by atoms with Gasteiger partial charge in [0.25, 0.3) is 11.8 Å². The SMILES string of the molecule is Cc1ccc(C(=O)N2CCN(c3ncc(C(=O)N4CCOCC4)cc3Cl)CC2)cc1. The number of carbonyl (C=O) groups is 2. The van der Waals surface area contributed by atoms with Crippen LogP contribution in [0.15, 0.2) is 36.5 Å². The van der Waals surface area contributed by atoms with E-state index in [-0.39, 0.29) is 11.8 Å². The van der Waals surface area contributed by atoms with Crippen molar-refractivity contribution in [2.45, 2.75) is 6.92 Å². The Morgan fingerprint density at radius 2 is 1.50 bits per heavy atom. The van der Waals surface area contributed by atoms with Crippen LogP contribution in [0, 0.1) is 6.92 Å². The summed E-state index contributed by atoms with van der Waals surface area (Å²) >= 11 is 6.48. The lowest BCUT2D eigenvalue weighted by Gasteiger charge is -2.36. The third kappa shape index (κ3) is 4.42. The fraction of sp³-hybridized carbons (Fsp3) is 0.409. The second-order valence-corrected chi connectivity index (χ2v) is 7.99. The summed E-state index contributed by atoms with van der Waals surface area (Å²) in [4.78, 5) is 35.5. The second kappa shape index (κ2) is 9.02. The van der Waals surface area contributed by atoms with Gasteiger partial charge in [0.15, 0.2) is 0 Å². The highest BCUT2D eigenvalue weighted by Gasteiger charge is 2.25. The minimum atomic E-state index is -0.0761. The van der Waals surface area contributed by atoms with Gasteiger partial charge < -0.3 is 19.4 Å². The van der Waals surface area contributed by atoms with E-state index in [2.05, 4.69) is 9.88 Å². The van der Waals surface area contributed by atoms with Gasteiger partial charge in [0.2, 0.25) is 0 Å². The minimum Gasteiger partial charge on any atom is -0.378 e. The number of ether oxygens (including phenoxy) is 1. The molecule has 2 aliphatic heterocycles. The van der Waals surface area contributed by atoms with Gasteiger partial charge in [-0.05, 0) is 25.1 Å². The molecular weight excluding hydrogens is 404 g/mol. The third-order valence-corrected chi connectivity index (χ3v) is 5.81. The Hall–Kier alpha value is -2.64. The van der Waals surface area contributed by atoms with Crippen molar-refractivity contribution in [3.63, 3.8) is 0 Å². The van der Waals surface area contributed by atoms with Crippen molar-refractivity contribution in [3.8, 4) is 0 Å². The van der Waals surface area contributed by atoms with Crippen LogP contribution in [-0.4, -0.2) is 79.1 Å². The number of hydrogen-bond acceptors (Lipinski definition) is 5. The molecule has 158 valence electrons. The molecule has 2 saturated heterocycles. The van der Waals surface area contributed by atoms with Crippen LogP contribution in [0.5, 0.6) is 0 Å². The third-order valence-electron chi connectivity index (χ3n) is 5.53. The molecule has 1 aromatic heterocycles. The van der Waals surface area contributed by atoms with E-state index < -0.39 is 0 Å². The number of amides is 2. The molecular formula is C22H25ClN4O3. The normalized spacial score (nSPS) is 17.2. The monoisotopic (exact) mass is 428 g/mol. The van der Waals surface area contributed by atoms with Crippen molar-refractivity contribution in [2.75, 3.05) is 57.4 Å². The Kier molecular flexibility index (Phi) is 6.20. The van der Waals surface area contributed by atoms with E-state index in [1.807, 2.05) is 36.1 Å². The van der Waals surface area contributed by atoms with E-state index in [9.17, 15) is 9.59 Å². The summed E-state index contributed by atoms with van der Waals surface area (Å²) in [6.45, 7) is 6.74. The maximum atomic E-state index is 12.7. The van der Waals surface area contributed by atoms with Crippen LogP contribution in [0.25, 0.3) is 0 Å². The van der Waals surface area contributed by atoms with E-state index in [1.165, 1.54) is 0 Å². The molecule has 3 heterocycles. The minimum absolute atomic E-state index is 0.0418. The molecule has 1 aromatic carbocycles. The lowest BCUT2D eigenvalue weighted by molar-refractivity contribution is 0.0302. The molecule has 0 radical (unpaired) electrons. The van der Waals surface area contributed by atoms with Crippen LogP contribution in [-0.2, 0) is 4.74 Å². The average Bonchev–Trinajstić information content (AvgIpc) is 2.79. The van der Waals surface area contributed by atoms with Gasteiger partial charge in [-0.2, -0.15) is 0 Å². The predicted molar refractivity (Wildman–Crippen MR) is 115 cm³/mol. The molecule has 8 heteroatoms. The molecule has 7 nitrogen and oxygen atoms in total. The maximum absolute atomic E-state index is 12.7. The van der Waals surface area contributed by atoms with E-state index in [4.69, 9.17) is 16.3 Å². The highest BCUT2D eigenvalue weighted by molar-refractivity contribution is 6.33. The molecule has 0 saturated carbocycles. The molecule has 4 rings (SSSR count). The van der Waals surface area contributed by atoms with E-state index in [0.29, 0.717) is 74.4 Å². The van der Waals surface area contributed by atoms with E-state index in [0.717, 1.165) is 5.56 Å². The van der Waals surface area contributed by atoms with Crippen molar-refractivity contribution >= 4 is 29.2 Å². The van der Waals surface area contributed by atoms with E-state index in [1.54, 1.807) is 17.2 Å². The molecule has 0 N–H and O–H groups in total. The Bertz CT molecular complexity index is 920. The van der Waals surface area contributed by atoms with Crippen LogP contribution in [0.4, 0.5) is 5.82 Å². The number of hydrogen-bond donors (Lipinski definition) is 0. The predicted octanol–water partition coefficient (Wildman–Crippen LogP) is 2.48. The highest BCUT2D eigenvalue weighted by atomic mass is 35.5. The number of halogens is 1.